The topological polar surface area (TPSA) is 64.7 Å². The number of nitrogens with one attached hydrogen (secondary N) is 1. The molecule has 2 aromatic rings. The minimum atomic E-state index is 0.0158. The second-order valence-corrected chi connectivity index (χ2v) is 8.79. The predicted octanol–water partition coefficient (Wildman–Crippen LogP) is 4.48. The molecule has 1 fully saturated rings. The molecule has 0 bridgehead atoms. The summed E-state index contributed by atoms with van der Waals surface area (Å²) in [6, 6.07) is 2.89. The molecule has 1 N–H and O–H groups in total. The van der Waals surface area contributed by atoms with Gasteiger partial charge in [0, 0.05) is 36.4 Å². The van der Waals surface area contributed by atoms with Crippen molar-refractivity contribution in [2.45, 2.75) is 83.5 Å². The summed E-state index contributed by atoms with van der Waals surface area (Å²) in [5, 5.41) is 12.9. The van der Waals surface area contributed by atoms with Gasteiger partial charge in [0.25, 0.3) is 5.91 Å². The number of aromatic nitrogens is 4. The molecule has 0 radical (unpaired) electrons. The molecule has 2 aromatic heterocycles. The molecule has 1 saturated carbocycles. The van der Waals surface area contributed by atoms with Gasteiger partial charge in [-0.2, -0.15) is 0 Å². The van der Waals surface area contributed by atoms with Crippen molar-refractivity contribution in [3.63, 3.8) is 0 Å². The van der Waals surface area contributed by atoms with E-state index in [4.69, 9.17) is 0 Å². The quantitative estimate of drug-likeness (QED) is 0.521. The molecule has 0 spiro atoms. The minimum Gasteiger partial charge on any atom is -0.352 e. The van der Waals surface area contributed by atoms with Crippen molar-refractivity contribution in [1.29, 1.82) is 0 Å². The fraction of sp³-hybridized carbons (Fsp3) is 0.667. The standard InChI is InChI=1S/C21H33N5OS/c1-14(2)25-15(3)13-18(16(25)4)20(27)22-12-8-11-19-23-24-21(28-5)26(19)17-9-6-7-10-17/h13-14,17H,6-12H2,1-5H3,(H,22,27). The van der Waals surface area contributed by atoms with Gasteiger partial charge in [-0.05, 0) is 59.3 Å². The van der Waals surface area contributed by atoms with Crippen molar-refractivity contribution in [1.82, 2.24) is 24.6 Å². The van der Waals surface area contributed by atoms with Gasteiger partial charge in [-0.25, -0.2) is 0 Å². The molecular weight excluding hydrogens is 370 g/mol. The summed E-state index contributed by atoms with van der Waals surface area (Å²) in [6.45, 7) is 9.02. The molecule has 1 aliphatic rings. The lowest BCUT2D eigenvalue weighted by Gasteiger charge is -2.16. The lowest BCUT2D eigenvalue weighted by atomic mass is 10.2. The van der Waals surface area contributed by atoms with Gasteiger partial charge in [0.15, 0.2) is 5.16 Å². The molecular formula is C21H33N5OS. The van der Waals surface area contributed by atoms with Gasteiger partial charge < -0.3 is 14.5 Å². The first-order chi connectivity index (χ1) is 13.4. The van der Waals surface area contributed by atoms with Gasteiger partial charge >= 0.3 is 0 Å². The Kier molecular flexibility index (Phi) is 6.86. The number of amides is 1. The number of carbonyl (C=O) groups excluding carboxylic acids is 1. The second kappa shape index (κ2) is 9.16. The third-order valence-corrected chi connectivity index (χ3v) is 6.36. The smallest absolute Gasteiger partial charge is 0.253 e. The summed E-state index contributed by atoms with van der Waals surface area (Å²) in [5.74, 6) is 1.07. The molecule has 1 amide bonds. The zero-order chi connectivity index (χ0) is 20.3. The van der Waals surface area contributed by atoms with Crippen LogP contribution in [0, 0.1) is 13.8 Å². The number of hydrogen-bond acceptors (Lipinski definition) is 4. The van der Waals surface area contributed by atoms with Gasteiger partial charge in [-0.3, -0.25) is 4.79 Å². The first-order valence-electron chi connectivity index (χ1n) is 10.4. The van der Waals surface area contributed by atoms with Crippen LogP contribution >= 0.6 is 11.8 Å². The second-order valence-electron chi connectivity index (χ2n) is 8.02. The average molecular weight is 404 g/mol. The van der Waals surface area contributed by atoms with Gasteiger partial charge in [-0.15, -0.1) is 10.2 Å². The van der Waals surface area contributed by atoms with E-state index in [0.717, 1.165) is 40.8 Å². The molecule has 154 valence electrons. The number of nitrogens with zero attached hydrogens (tertiary/aromatic N) is 4. The molecule has 7 heteroatoms. The zero-order valence-electron chi connectivity index (χ0n) is 17.8. The van der Waals surface area contributed by atoms with E-state index in [1.807, 2.05) is 13.0 Å². The van der Waals surface area contributed by atoms with Crippen molar-refractivity contribution in [3.8, 4) is 0 Å². The Balaban J connectivity index is 1.57. The Bertz CT molecular complexity index is 817. The molecule has 3 rings (SSSR count). The Labute approximate surface area is 172 Å². The van der Waals surface area contributed by atoms with Gasteiger partial charge in [-0.1, -0.05) is 24.6 Å². The molecule has 6 nitrogen and oxygen atoms in total. The van der Waals surface area contributed by atoms with Crippen LogP contribution in [0.2, 0.25) is 0 Å². The van der Waals surface area contributed by atoms with E-state index in [0.29, 0.717) is 18.6 Å². The van der Waals surface area contributed by atoms with E-state index in [1.54, 1.807) is 11.8 Å². The summed E-state index contributed by atoms with van der Waals surface area (Å²) in [6.07, 6.45) is 8.81. The number of thioether (sulfide) groups is 1. The van der Waals surface area contributed by atoms with Gasteiger partial charge in [0.05, 0.1) is 5.56 Å². The molecule has 0 saturated heterocycles. The summed E-state index contributed by atoms with van der Waals surface area (Å²) < 4.78 is 4.55. The molecule has 2 heterocycles. The predicted molar refractivity (Wildman–Crippen MR) is 114 cm³/mol. The maximum atomic E-state index is 12.6. The van der Waals surface area contributed by atoms with E-state index in [2.05, 4.69) is 51.7 Å². The van der Waals surface area contributed by atoms with Crippen LogP contribution in [0.5, 0.6) is 0 Å². The van der Waals surface area contributed by atoms with E-state index in [9.17, 15) is 4.79 Å². The lowest BCUT2D eigenvalue weighted by molar-refractivity contribution is 0.0952. The highest BCUT2D eigenvalue weighted by Gasteiger charge is 2.23. The van der Waals surface area contributed by atoms with Crippen molar-refractivity contribution in [2.24, 2.45) is 0 Å². The highest BCUT2D eigenvalue weighted by Crippen LogP contribution is 2.33. The molecule has 1 aliphatic carbocycles. The van der Waals surface area contributed by atoms with Crippen LogP contribution in [-0.4, -0.2) is 38.0 Å². The van der Waals surface area contributed by atoms with E-state index < -0.39 is 0 Å². The maximum absolute atomic E-state index is 12.6. The zero-order valence-corrected chi connectivity index (χ0v) is 18.6. The first kappa shape index (κ1) is 21.0. The monoisotopic (exact) mass is 403 g/mol. The van der Waals surface area contributed by atoms with Gasteiger partial charge in [0.1, 0.15) is 5.82 Å². The fourth-order valence-electron chi connectivity index (χ4n) is 4.49. The number of carbonyl (C=O) groups is 1. The van der Waals surface area contributed by atoms with Crippen LogP contribution < -0.4 is 5.32 Å². The molecule has 0 atom stereocenters. The normalized spacial score (nSPS) is 14.9. The van der Waals surface area contributed by atoms with E-state index in [-0.39, 0.29) is 5.91 Å². The Morgan fingerprint density at radius 2 is 2.00 bits per heavy atom. The van der Waals surface area contributed by atoms with Crippen LogP contribution in [0.4, 0.5) is 0 Å². The Morgan fingerprint density at radius 3 is 2.61 bits per heavy atom. The van der Waals surface area contributed by atoms with E-state index >= 15 is 0 Å². The van der Waals surface area contributed by atoms with Crippen LogP contribution in [-0.2, 0) is 6.42 Å². The molecule has 0 aliphatic heterocycles. The number of rotatable bonds is 8. The third kappa shape index (κ3) is 4.29. The summed E-state index contributed by atoms with van der Waals surface area (Å²) in [4.78, 5) is 12.6. The third-order valence-electron chi connectivity index (χ3n) is 5.72. The van der Waals surface area contributed by atoms with Crippen molar-refractivity contribution in [2.75, 3.05) is 12.8 Å². The minimum absolute atomic E-state index is 0.0158. The van der Waals surface area contributed by atoms with Crippen molar-refractivity contribution >= 4 is 17.7 Å². The largest absolute Gasteiger partial charge is 0.352 e. The lowest BCUT2D eigenvalue weighted by Crippen LogP contribution is -2.25. The summed E-state index contributed by atoms with van der Waals surface area (Å²) in [5.41, 5.74) is 2.95. The molecule has 0 unspecified atom stereocenters. The number of aryl methyl sites for hydroxylation is 2. The average Bonchev–Trinajstić information content (AvgIpc) is 3.36. The van der Waals surface area contributed by atoms with Crippen LogP contribution in [0.3, 0.4) is 0 Å². The first-order valence-corrected chi connectivity index (χ1v) is 11.6. The highest BCUT2D eigenvalue weighted by atomic mass is 32.2. The van der Waals surface area contributed by atoms with E-state index in [1.165, 1.54) is 25.7 Å². The summed E-state index contributed by atoms with van der Waals surface area (Å²) >= 11 is 1.67. The highest BCUT2D eigenvalue weighted by molar-refractivity contribution is 7.98. The molecule has 28 heavy (non-hydrogen) atoms. The maximum Gasteiger partial charge on any atom is 0.253 e. The van der Waals surface area contributed by atoms with Gasteiger partial charge in [0.2, 0.25) is 0 Å². The van der Waals surface area contributed by atoms with Crippen LogP contribution in [0.1, 0.15) is 85.6 Å². The summed E-state index contributed by atoms with van der Waals surface area (Å²) in [7, 11) is 0. The molecule has 0 aromatic carbocycles. The number of hydrogen-bond donors (Lipinski definition) is 1. The Hall–Kier alpha value is -1.76. The van der Waals surface area contributed by atoms with Crippen LogP contribution in [0.15, 0.2) is 11.2 Å². The Morgan fingerprint density at radius 1 is 1.29 bits per heavy atom. The fourth-order valence-corrected chi connectivity index (χ4v) is 5.07. The SMILES string of the molecule is CSc1nnc(CCCNC(=O)c2cc(C)n(C(C)C)c2C)n1C1CCCC1. The van der Waals surface area contributed by atoms with Crippen LogP contribution in [0.25, 0.3) is 0 Å². The van der Waals surface area contributed by atoms with Crippen molar-refractivity contribution in [3.05, 3.63) is 28.8 Å². The van der Waals surface area contributed by atoms with Crippen molar-refractivity contribution < 1.29 is 4.79 Å².